The monoisotopic (exact) mass is 643 g/mol. The molecular formula is C35H41N5O7. The first-order valence-corrected chi connectivity index (χ1v) is 15.4. The highest BCUT2D eigenvalue weighted by Gasteiger charge is 2.31. The number of phenolic OH excluding ortho intramolecular Hbond substituents is 2. The number of para-hydroxylation sites is 1. The SMILES string of the molecule is CC(C)CC(NC(=O)C(Cc1ccc(O)cc1)NC(=O)C(Cc1c[nH]c2ccccc12)NC(=O)C(N)Cc1ccc(O)cc1)C(=O)O. The zero-order valence-corrected chi connectivity index (χ0v) is 26.3. The fraction of sp³-hybridized carbons (Fsp3) is 0.314. The normalized spacial score (nSPS) is 13.8. The third kappa shape index (κ3) is 9.81. The van der Waals surface area contributed by atoms with Gasteiger partial charge in [-0.2, -0.15) is 0 Å². The number of rotatable bonds is 15. The first kappa shape index (κ1) is 34.5. The summed E-state index contributed by atoms with van der Waals surface area (Å²) in [5, 5.41) is 38.0. The molecule has 4 rings (SSSR count). The van der Waals surface area contributed by atoms with Gasteiger partial charge in [-0.15, -0.1) is 0 Å². The van der Waals surface area contributed by atoms with Gasteiger partial charge in [0.1, 0.15) is 29.6 Å². The molecule has 0 spiro atoms. The van der Waals surface area contributed by atoms with E-state index in [4.69, 9.17) is 5.73 Å². The summed E-state index contributed by atoms with van der Waals surface area (Å²) < 4.78 is 0. The molecule has 3 amide bonds. The van der Waals surface area contributed by atoms with Crippen molar-refractivity contribution in [3.63, 3.8) is 0 Å². The van der Waals surface area contributed by atoms with Crippen LogP contribution in [0.1, 0.15) is 37.0 Å². The Labute approximate surface area is 272 Å². The van der Waals surface area contributed by atoms with Gasteiger partial charge in [-0.25, -0.2) is 4.79 Å². The summed E-state index contributed by atoms with van der Waals surface area (Å²) in [5.74, 6) is -3.10. The Bertz CT molecular complexity index is 1680. The van der Waals surface area contributed by atoms with Crippen LogP contribution in [0.3, 0.4) is 0 Å². The topological polar surface area (TPSA) is 207 Å². The highest BCUT2D eigenvalue weighted by atomic mass is 16.4. The van der Waals surface area contributed by atoms with Crippen LogP contribution in [0, 0.1) is 5.92 Å². The van der Waals surface area contributed by atoms with Gasteiger partial charge in [-0.05, 0) is 65.8 Å². The van der Waals surface area contributed by atoms with Gasteiger partial charge >= 0.3 is 5.97 Å². The number of carboxylic acid groups (broad SMARTS) is 1. The number of carboxylic acids is 1. The molecule has 0 aliphatic carbocycles. The molecule has 12 nitrogen and oxygen atoms in total. The average Bonchev–Trinajstić information content (AvgIpc) is 3.44. The highest BCUT2D eigenvalue weighted by molar-refractivity contribution is 5.95. The van der Waals surface area contributed by atoms with Crippen LogP contribution in [-0.2, 0) is 38.4 Å². The first-order chi connectivity index (χ1) is 22.4. The molecule has 4 aromatic rings. The van der Waals surface area contributed by atoms with E-state index < -0.39 is 47.9 Å². The lowest BCUT2D eigenvalue weighted by Crippen LogP contribution is -2.58. The molecule has 9 N–H and O–H groups in total. The Kier molecular flexibility index (Phi) is 11.6. The van der Waals surface area contributed by atoms with Gasteiger partial charge in [0.15, 0.2) is 0 Å². The molecular weight excluding hydrogens is 602 g/mol. The minimum Gasteiger partial charge on any atom is -0.508 e. The van der Waals surface area contributed by atoms with E-state index in [0.717, 1.165) is 16.5 Å². The second-order valence-corrected chi connectivity index (χ2v) is 12.1. The summed E-state index contributed by atoms with van der Waals surface area (Å²) in [6.07, 6.45) is 2.12. The van der Waals surface area contributed by atoms with Crippen molar-refractivity contribution in [3.8, 4) is 11.5 Å². The lowest BCUT2D eigenvalue weighted by atomic mass is 10.00. The Morgan fingerprint density at radius 2 is 1.21 bits per heavy atom. The number of H-pyrrole nitrogens is 1. The van der Waals surface area contributed by atoms with Crippen molar-refractivity contribution < 1.29 is 34.5 Å². The zero-order chi connectivity index (χ0) is 34.1. The number of phenols is 2. The van der Waals surface area contributed by atoms with Crippen LogP contribution in [0.5, 0.6) is 11.5 Å². The number of hydrogen-bond acceptors (Lipinski definition) is 7. The van der Waals surface area contributed by atoms with Gasteiger partial charge in [0.2, 0.25) is 17.7 Å². The van der Waals surface area contributed by atoms with Gasteiger partial charge in [-0.1, -0.05) is 56.3 Å². The molecule has 0 radical (unpaired) electrons. The molecule has 47 heavy (non-hydrogen) atoms. The Balaban J connectivity index is 1.60. The lowest BCUT2D eigenvalue weighted by Gasteiger charge is -2.26. The number of aromatic nitrogens is 1. The molecule has 0 saturated heterocycles. The Morgan fingerprint density at radius 3 is 1.79 bits per heavy atom. The molecule has 0 aliphatic rings. The van der Waals surface area contributed by atoms with Gasteiger partial charge in [0.05, 0.1) is 6.04 Å². The number of benzene rings is 3. The smallest absolute Gasteiger partial charge is 0.326 e. The third-order valence-corrected chi connectivity index (χ3v) is 7.79. The van der Waals surface area contributed by atoms with Crippen LogP contribution in [0.25, 0.3) is 10.9 Å². The number of fused-ring (bicyclic) bond motifs is 1. The van der Waals surface area contributed by atoms with E-state index in [9.17, 15) is 34.5 Å². The van der Waals surface area contributed by atoms with Crippen LogP contribution < -0.4 is 21.7 Å². The van der Waals surface area contributed by atoms with Crippen molar-refractivity contribution in [1.82, 2.24) is 20.9 Å². The summed E-state index contributed by atoms with van der Waals surface area (Å²) in [5.41, 5.74) is 9.13. The van der Waals surface area contributed by atoms with Crippen molar-refractivity contribution in [1.29, 1.82) is 0 Å². The van der Waals surface area contributed by atoms with Gasteiger partial charge < -0.3 is 42.0 Å². The second-order valence-electron chi connectivity index (χ2n) is 12.1. The van der Waals surface area contributed by atoms with E-state index >= 15 is 0 Å². The van der Waals surface area contributed by atoms with E-state index in [1.54, 1.807) is 30.5 Å². The Hall–Kier alpha value is -5.36. The van der Waals surface area contributed by atoms with Crippen LogP contribution in [0.15, 0.2) is 79.0 Å². The largest absolute Gasteiger partial charge is 0.508 e. The van der Waals surface area contributed by atoms with Crippen LogP contribution in [-0.4, -0.2) is 68.2 Å². The molecule has 0 fully saturated rings. The fourth-order valence-electron chi connectivity index (χ4n) is 5.30. The van der Waals surface area contributed by atoms with E-state index in [-0.39, 0.29) is 43.1 Å². The maximum atomic E-state index is 14.0. The molecule has 12 heteroatoms. The van der Waals surface area contributed by atoms with Crippen molar-refractivity contribution in [3.05, 3.63) is 95.7 Å². The van der Waals surface area contributed by atoms with Gasteiger partial charge in [-0.3, -0.25) is 14.4 Å². The highest BCUT2D eigenvalue weighted by Crippen LogP contribution is 2.20. The van der Waals surface area contributed by atoms with Crippen LogP contribution in [0.2, 0.25) is 0 Å². The number of carbonyl (C=O) groups excluding carboxylic acids is 3. The van der Waals surface area contributed by atoms with Crippen molar-refractivity contribution in [2.24, 2.45) is 11.7 Å². The van der Waals surface area contributed by atoms with Crippen LogP contribution >= 0.6 is 0 Å². The molecule has 0 aliphatic heterocycles. The molecule has 3 aromatic carbocycles. The third-order valence-electron chi connectivity index (χ3n) is 7.79. The maximum absolute atomic E-state index is 14.0. The van der Waals surface area contributed by atoms with Crippen molar-refractivity contribution in [2.45, 2.75) is 63.7 Å². The number of aliphatic carboxylic acids is 1. The molecule has 4 atom stereocenters. The minimum atomic E-state index is -1.21. The minimum absolute atomic E-state index is 0.0139. The Morgan fingerprint density at radius 1 is 0.702 bits per heavy atom. The lowest BCUT2D eigenvalue weighted by molar-refractivity contribution is -0.142. The van der Waals surface area contributed by atoms with Crippen molar-refractivity contribution >= 4 is 34.6 Å². The number of carbonyl (C=O) groups is 4. The first-order valence-electron chi connectivity index (χ1n) is 15.4. The fourth-order valence-corrected chi connectivity index (χ4v) is 5.30. The zero-order valence-electron chi connectivity index (χ0n) is 26.3. The summed E-state index contributed by atoms with van der Waals surface area (Å²) >= 11 is 0. The number of aromatic hydroxyl groups is 2. The molecule has 248 valence electrons. The number of hydrogen-bond donors (Lipinski definition) is 8. The number of aromatic amines is 1. The van der Waals surface area contributed by atoms with E-state index in [1.807, 2.05) is 38.1 Å². The van der Waals surface area contributed by atoms with E-state index in [0.29, 0.717) is 11.1 Å². The molecule has 1 heterocycles. The number of nitrogens with one attached hydrogen (secondary N) is 4. The van der Waals surface area contributed by atoms with Gasteiger partial charge in [0.25, 0.3) is 0 Å². The number of amides is 3. The van der Waals surface area contributed by atoms with Crippen molar-refractivity contribution in [2.75, 3.05) is 0 Å². The maximum Gasteiger partial charge on any atom is 0.326 e. The van der Waals surface area contributed by atoms with E-state index in [2.05, 4.69) is 20.9 Å². The quantitative estimate of drug-likeness (QED) is 0.0963. The van der Waals surface area contributed by atoms with Gasteiger partial charge in [0, 0.05) is 29.9 Å². The summed E-state index contributed by atoms with van der Waals surface area (Å²) in [6.45, 7) is 3.67. The second kappa shape index (κ2) is 15.8. The van der Waals surface area contributed by atoms with Crippen LogP contribution in [0.4, 0.5) is 0 Å². The average molecular weight is 644 g/mol. The summed E-state index contributed by atoms with van der Waals surface area (Å²) in [4.78, 5) is 56.0. The molecule has 0 bridgehead atoms. The molecule has 1 aromatic heterocycles. The predicted molar refractivity (Wildman–Crippen MR) is 176 cm³/mol. The summed E-state index contributed by atoms with van der Waals surface area (Å²) in [7, 11) is 0. The van der Waals surface area contributed by atoms with E-state index in [1.165, 1.54) is 24.3 Å². The molecule has 4 unspecified atom stereocenters. The molecule has 0 saturated carbocycles. The number of nitrogens with two attached hydrogens (primary N) is 1. The standard InChI is InChI=1S/C35H41N5O7/c1-20(2)15-31(35(46)47)40-33(44)29(17-22-9-13-25(42)14-10-22)39-34(45)30(18-23-19-37-28-6-4-3-5-26(23)28)38-32(43)27(36)16-21-7-11-24(41)12-8-21/h3-14,19-20,27,29-31,37,41-42H,15-18,36H2,1-2H3,(H,38,43)(H,39,45)(H,40,44)(H,46,47). The summed E-state index contributed by atoms with van der Waals surface area (Å²) in [6, 6.07) is 15.3. The predicted octanol–water partition coefficient (Wildman–Crippen LogP) is 2.52.